The molecule has 5 heteroatoms. The molecule has 2 aromatic heterocycles. The van der Waals surface area contributed by atoms with E-state index in [0.29, 0.717) is 5.89 Å². The first kappa shape index (κ1) is 12.3. The van der Waals surface area contributed by atoms with Crippen molar-refractivity contribution in [1.82, 2.24) is 20.3 Å². The van der Waals surface area contributed by atoms with Crippen molar-refractivity contribution < 1.29 is 4.52 Å². The highest BCUT2D eigenvalue weighted by Crippen LogP contribution is 2.52. The Hall–Kier alpha value is -2.43. The molecule has 0 amide bonds. The zero-order chi connectivity index (χ0) is 14.4. The molecule has 0 radical (unpaired) electrons. The van der Waals surface area contributed by atoms with Crippen molar-refractivity contribution in [2.45, 2.75) is 32.1 Å². The predicted octanol–water partition coefficient (Wildman–Crippen LogP) is 3.16. The van der Waals surface area contributed by atoms with E-state index in [-0.39, 0.29) is 5.41 Å². The van der Waals surface area contributed by atoms with Gasteiger partial charge in [-0.25, -0.2) is 0 Å². The van der Waals surface area contributed by atoms with Crippen molar-refractivity contribution >= 4 is 0 Å². The highest BCUT2D eigenvalue weighted by atomic mass is 16.5. The molecule has 106 valence electrons. The highest BCUT2D eigenvalue weighted by molar-refractivity contribution is 5.59. The number of H-pyrrole nitrogens is 1. The van der Waals surface area contributed by atoms with E-state index in [1.807, 2.05) is 19.9 Å². The molecule has 21 heavy (non-hydrogen) atoms. The van der Waals surface area contributed by atoms with Crippen molar-refractivity contribution in [2.24, 2.45) is 0 Å². The number of rotatable bonds is 3. The van der Waals surface area contributed by atoms with Gasteiger partial charge in [0, 0.05) is 5.69 Å². The van der Waals surface area contributed by atoms with Crippen LogP contribution in [0.3, 0.4) is 0 Å². The van der Waals surface area contributed by atoms with Crippen molar-refractivity contribution in [3.05, 3.63) is 53.1 Å². The van der Waals surface area contributed by atoms with E-state index >= 15 is 0 Å². The van der Waals surface area contributed by atoms with Crippen molar-refractivity contribution in [3.63, 3.8) is 0 Å². The zero-order valence-corrected chi connectivity index (χ0v) is 12.1. The van der Waals surface area contributed by atoms with E-state index in [0.717, 1.165) is 35.6 Å². The summed E-state index contributed by atoms with van der Waals surface area (Å²) in [7, 11) is 0. The average Bonchev–Trinajstić information content (AvgIpc) is 3.06. The van der Waals surface area contributed by atoms with Crippen molar-refractivity contribution in [1.29, 1.82) is 0 Å². The second-order valence-corrected chi connectivity index (χ2v) is 5.68. The SMILES string of the molecule is Cc1n[nH]c(C)c1-c1nc(C2(c3ccccc3)CC2)no1. The van der Waals surface area contributed by atoms with Crippen LogP contribution in [0, 0.1) is 13.8 Å². The molecule has 0 atom stereocenters. The van der Waals surface area contributed by atoms with Gasteiger partial charge in [-0.05, 0) is 32.3 Å². The Balaban J connectivity index is 1.76. The summed E-state index contributed by atoms with van der Waals surface area (Å²) in [6, 6.07) is 10.4. The summed E-state index contributed by atoms with van der Waals surface area (Å²) in [4.78, 5) is 4.65. The number of hydrogen-bond donors (Lipinski definition) is 1. The topological polar surface area (TPSA) is 67.6 Å². The second kappa shape index (κ2) is 4.28. The summed E-state index contributed by atoms with van der Waals surface area (Å²) in [6.07, 6.45) is 2.14. The number of nitrogens with one attached hydrogen (secondary N) is 1. The predicted molar refractivity (Wildman–Crippen MR) is 77.8 cm³/mol. The lowest BCUT2D eigenvalue weighted by Crippen LogP contribution is -2.10. The van der Waals surface area contributed by atoms with Gasteiger partial charge in [-0.2, -0.15) is 10.1 Å². The smallest absolute Gasteiger partial charge is 0.261 e. The monoisotopic (exact) mass is 280 g/mol. The lowest BCUT2D eigenvalue weighted by molar-refractivity contribution is 0.417. The number of aromatic amines is 1. The van der Waals surface area contributed by atoms with Gasteiger partial charge in [0.15, 0.2) is 5.82 Å². The number of benzene rings is 1. The number of nitrogens with zero attached hydrogens (tertiary/aromatic N) is 3. The fourth-order valence-corrected chi connectivity index (χ4v) is 2.91. The average molecular weight is 280 g/mol. The first-order valence-electron chi connectivity index (χ1n) is 7.12. The van der Waals surface area contributed by atoms with Gasteiger partial charge in [0.05, 0.1) is 16.7 Å². The van der Waals surface area contributed by atoms with Crippen LogP contribution in [0.25, 0.3) is 11.5 Å². The molecule has 0 bridgehead atoms. The first-order chi connectivity index (χ1) is 10.2. The van der Waals surface area contributed by atoms with Crippen LogP contribution in [0.2, 0.25) is 0 Å². The van der Waals surface area contributed by atoms with Crippen LogP contribution in [0.4, 0.5) is 0 Å². The normalized spacial score (nSPS) is 16.1. The summed E-state index contributed by atoms with van der Waals surface area (Å²) in [6.45, 7) is 3.90. The molecule has 1 fully saturated rings. The van der Waals surface area contributed by atoms with Gasteiger partial charge in [0.2, 0.25) is 0 Å². The molecule has 1 aliphatic rings. The van der Waals surface area contributed by atoms with Crippen LogP contribution in [0.15, 0.2) is 34.9 Å². The van der Waals surface area contributed by atoms with Crippen LogP contribution in [-0.4, -0.2) is 20.3 Å². The molecule has 2 heterocycles. The molecular formula is C16H16N4O. The van der Waals surface area contributed by atoms with Gasteiger partial charge in [0.25, 0.3) is 5.89 Å². The van der Waals surface area contributed by atoms with Gasteiger partial charge in [-0.3, -0.25) is 5.10 Å². The zero-order valence-electron chi connectivity index (χ0n) is 12.1. The molecule has 0 aliphatic heterocycles. The van der Waals surface area contributed by atoms with Gasteiger partial charge in [0.1, 0.15) is 0 Å². The molecule has 0 saturated heterocycles. The van der Waals surface area contributed by atoms with Crippen molar-refractivity contribution in [2.75, 3.05) is 0 Å². The van der Waals surface area contributed by atoms with E-state index in [1.54, 1.807) is 0 Å². The Bertz CT molecular complexity index is 764. The maximum atomic E-state index is 5.50. The lowest BCUT2D eigenvalue weighted by atomic mass is 9.95. The fourth-order valence-electron chi connectivity index (χ4n) is 2.91. The minimum Gasteiger partial charge on any atom is -0.334 e. The van der Waals surface area contributed by atoms with Crippen LogP contribution in [0.5, 0.6) is 0 Å². The summed E-state index contributed by atoms with van der Waals surface area (Å²) in [5.74, 6) is 1.33. The minimum atomic E-state index is -0.0610. The van der Waals surface area contributed by atoms with E-state index in [4.69, 9.17) is 4.52 Å². The van der Waals surface area contributed by atoms with Gasteiger partial charge < -0.3 is 4.52 Å². The molecule has 1 saturated carbocycles. The van der Waals surface area contributed by atoms with Gasteiger partial charge in [-0.1, -0.05) is 35.5 Å². The molecular weight excluding hydrogens is 264 g/mol. The van der Waals surface area contributed by atoms with E-state index in [9.17, 15) is 0 Å². The Kier molecular flexibility index (Phi) is 2.51. The van der Waals surface area contributed by atoms with E-state index in [2.05, 4.69) is 44.6 Å². The summed E-state index contributed by atoms with van der Waals surface area (Å²) in [5, 5.41) is 11.4. The van der Waals surface area contributed by atoms with E-state index in [1.165, 1.54) is 5.56 Å². The quantitative estimate of drug-likeness (QED) is 0.800. The van der Waals surface area contributed by atoms with Crippen LogP contribution < -0.4 is 0 Å². The third kappa shape index (κ3) is 1.81. The van der Waals surface area contributed by atoms with Crippen molar-refractivity contribution in [3.8, 4) is 11.5 Å². The summed E-state index contributed by atoms with van der Waals surface area (Å²) in [5.41, 5.74) is 3.95. The summed E-state index contributed by atoms with van der Waals surface area (Å²) >= 11 is 0. The largest absolute Gasteiger partial charge is 0.334 e. The molecule has 4 rings (SSSR count). The number of hydrogen-bond acceptors (Lipinski definition) is 4. The lowest BCUT2D eigenvalue weighted by Gasteiger charge is -2.09. The molecule has 1 N–H and O–H groups in total. The molecule has 1 aromatic carbocycles. The van der Waals surface area contributed by atoms with E-state index < -0.39 is 0 Å². The molecule has 1 aliphatic carbocycles. The molecule has 0 spiro atoms. The summed E-state index contributed by atoms with van der Waals surface area (Å²) < 4.78 is 5.50. The van der Waals surface area contributed by atoms with Crippen LogP contribution in [0.1, 0.15) is 35.6 Å². The maximum Gasteiger partial charge on any atom is 0.261 e. The third-order valence-electron chi connectivity index (χ3n) is 4.27. The standard InChI is InChI=1S/C16H16N4O/c1-10-13(11(2)19-18-10)14-17-15(20-21-14)16(8-9-16)12-6-4-3-5-7-12/h3-7H,8-9H2,1-2H3,(H,18,19). The Morgan fingerprint density at radius 2 is 1.90 bits per heavy atom. The second-order valence-electron chi connectivity index (χ2n) is 5.68. The Morgan fingerprint density at radius 1 is 1.14 bits per heavy atom. The first-order valence-corrected chi connectivity index (χ1v) is 7.12. The minimum absolute atomic E-state index is 0.0610. The third-order valence-corrected chi connectivity index (χ3v) is 4.27. The maximum absolute atomic E-state index is 5.50. The van der Waals surface area contributed by atoms with Crippen LogP contribution in [-0.2, 0) is 5.41 Å². The van der Waals surface area contributed by atoms with Crippen LogP contribution >= 0.6 is 0 Å². The Labute approximate surface area is 122 Å². The fraction of sp³-hybridized carbons (Fsp3) is 0.312. The molecule has 0 unspecified atom stereocenters. The number of aromatic nitrogens is 4. The number of aryl methyl sites for hydroxylation is 2. The Morgan fingerprint density at radius 3 is 2.52 bits per heavy atom. The van der Waals surface area contributed by atoms with Gasteiger partial charge >= 0.3 is 0 Å². The molecule has 5 nitrogen and oxygen atoms in total. The molecule has 3 aromatic rings. The highest BCUT2D eigenvalue weighted by Gasteiger charge is 2.50. The van der Waals surface area contributed by atoms with Gasteiger partial charge in [-0.15, -0.1) is 0 Å².